The fourth-order valence-corrected chi connectivity index (χ4v) is 3.52. The van der Waals surface area contributed by atoms with Gasteiger partial charge in [-0.15, -0.1) is 0 Å². The molecule has 2 amide bonds. The molecule has 4 N–H and O–H groups in total. The number of aromatic nitrogens is 3. The van der Waals surface area contributed by atoms with Gasteiger partial charge in [-0.25, -0.2) is 9.07 Å². The summed E-state index contributed by atoms with van der Waals surface area (Å²) in [7, 11) is 0. The summed E-state index contributed by atoms with van der Waals surface area (Å²) in [6, 6.07) is 17.5. The second kappa shape index (κ2) is 10.5. The number of para-hydroxylation sites is 1. The van der Waals surface area contributed by atoms with Crippen LogP contribution in [-0.4, -0.2) is 39.2 Å². The third kappa shape index (κ3) is 5.53. The summed E-state index contributed by atoms with van der Waals surface area (Å²) in [5.74, 6) is -1.27. The first-order valence-electron chi connectivity index (χ1n) is 10.7. The number of nitrogens with zero attached hydrogens (tertiary/aromatic N) is 3. The molecule has 0 radical (unpaired) electrons. The first-order valence-corrected chi connectivity index (χ1v) is 11.1. The minimum absolute atomic E-state index is 0.0974. The van der Waals surface area contributed by atoms with Crippen LogP contribution in [0.5, 0.6) is 0 Å². The standard InChI is InChI=1S/C25H22ClFN6O2/c1-15(28)14-30-25(35)21-13-22(33(32-21)17-6-3-2-4-7-17)31-24(34)18-12-16(9-10-19(18)26)23-20(27)8-5-11-29-23/h2-13,15H,14,28H2,1H3,(H,30,35)(H,31,34)/t15-/m0/s1. The molecular formula is C25H22ClFN6O2. The average molecular weight is 493 g/mol. The first-order chi connectivity index (χ1) is 16.8. The van der Waals surface area contributed by atoms with Crippen molar-refractivity contribution in [3.05, 3.63) is 95.0 Å². The highest BCUT2D eigenvalue weighted by molar-refractivity contribution is 6.34. The van der Waals surface area contributed by atoms with Crippen molar-refractivity contribution in [3.8, 4) is 16.9 Å². The Labute approximate surface area is 205 Å². The van der Waals surface area contributed by atoms with Crippen molar-refractivity contribution in [2.24, 2.45) is 5.73 Å². The number of carbonyl (C=O) groups excluding carboxylic acids is 2. The van der Waals surface area contributed by atoms with Crippen LogP contribution in [0.3, 0.4) is 0 Å². The lowest BCUT2D eigenvalue weighted by Crippen LogP contribution is -2.35. The second-order valence-electron chi connectivity index (χ2n) is 7.83. The van der Waals surface area contributed by atoms with E-state index in [4.69, 9.17) is 17.3 Å². The molecule has 2 heterocycles. The molecular weight excluding hydrogens is 471 g/mol. The Bertz CT molecular complexity index is 1370. The maximum atomic E-state index is 14.2. The number of hydrogen-bond acceptors (Lipinski definition) is 5. The number of halogens is 2. The lowest BCUT2D eigenvalue weighted by atomic mass is 10.1. The number of hydrogen-bond donors (Lipinski definition) is 3. The van der Waals surface area contributed by atoms with Gasteiger partial charge < -0.3 is 16.4 Å². The molecule has 0 unspecified atom stereocenters. The predicted molar refractivity (Wildman–Crippen MR) is 132 cm³/mol. The Hall–Kier alpha value is -4.08. The summed E-state index contributed by atoms with van der Waals surface area (Å²) >= 11 is 6.29. The number of pyridine rings is 1. The molecule has 10 heteroatoms. The molecule has 1 atom stereocenters. The largest absolute Gasteiger partial charge is 0.349 e. The van der Waals surface area contributed by atoms with Crippen LogP contribution in [0.1, 0.15) is 27.8 Å². The lowest BCUT2D eigenvalue weighted by molar-refractivity contribution is 0.0945. The minimum Gasteiger partial charge on any atom is -0.349 e. The molecule has 178 valence electrons. The summed E-state index contributed by atoms with van der Waals surface area (Å²) in [5, 5.41) is 9.99. The number of nitrogens with two attached hydrogens (primary N) is 1. The molecule has 35 heavy (non-hydrogen) atoms. The Morgan fingerprint density at radius 1 is 1.09 bits per heavy atom. The number of carbonyl (C=O) groups is 2. The highest BCUT2D eigenvalue weighted by atomic mass is 35.5. The predicted octanol–water partition coefficient (Wildman–Crippen LogP) is 4.06. The fourth-order valence-electron chi connectivity index (χ4n) is 3.32. The maximum Gasteiger partial charge on any atom is 0.271 e. The van der Waals surface area contributed by atoms with E-state index in [9.17, 15) is 14.0 Å². The second-order valence-corrected chi connectivity index (χ2v) is 8.24. The maximum absolute atomic E-state index is 14.2. The molecule has 0 saturated heterocycles. The fraction of sp³-hybridized carbons (Fsp3) is 0.120. The smallest absolute Gasteiger partial charge is 0.271 e. The molecule has 4 rings (SSSR count). The topological polar surface area (TPSA) is 115 Å². The lowest BCUT2D eigenvalue weighted by Gasteiger charge is -2.11. The van der Waals surface area contributed by atoms with Crippen LogP contribution >= 0.6 is 11.6 Å². The van der Waals surface area contributed by atoms with Gasteiger partial charge in [-0.1, -0.05) is 35.9 Å². The molecule has 0 aliphatic heterocycles. The third-order valence-corrected chi connectivity index (χ3v) is 5.34. The summed E-state index contributed by atoms with van der Waals surface area (Å²) in [6.07, 6.45) is 1.46. The molecule has 0 aliphatic carbocycles. The van der Waals surface area contributed by atoms with E-state index in [0.717, 1.165) is 0 Å². The highest BCUT2D eigenvalue weighted by Gasteiger charge is 2.20. The SMILES string of the molecule is C[C@H](N)CNC(=O)c1cc(NC(=O)c2cc(-c3ncccc3F)ccc2Cl)n(-c2ccccc2)n1. The van der Waals surface area contributed by atoms with Gasteiger partial charge in [0.15, 0.2) is 5.69 Å². The first kappa shape index (κ1) is 24.1. The zero-order valence-corrected chi connectivity index (χ0v) is 19.5. The van der Waals surface area contributed by atoms with Crippen molar-refractivity contribution < 1.29 is 14.0 Å². The van der Waals surface area contributed by atoms with Crippen molar-refractivity contribution in [3.63, 3.8) is 0 Å². The molecule has 4 aromatic rings. The van der Waals surface area contributed by atoms with Gasteiger partial charge in [-0.2, -0.15) is 5.10 Å². The number of rotatable bonds is 7. The quantitative estimate of drug-likeness (QED) is 0.360. The van der Waals surface area contributed by atoms with E-state index < -0.39 is 17.6 Å². The zero-order valence-electron chi connectivity index (χ0n) is 18.7. The zero-order chi connectivity index (χ0) is 24.9. The number of nitrogens with one attached hydrogen (secondary N) is 2. The molecule has 0 aliphatic rings. The monoisotopic (exact) mass is 492 g/mol. The van der Waals surface area contributed by atoms with E-state index in [1.54, 1.807) is 37.3 Å². The van der Waals surface area contributed by atoms with Gasteiger partial charge in [-0.3, -0.25) is 14.6 Å². The van der Waals surface area contributed by atoms with Gasteiger partial charge >= 0.3 is 0 Å². The van der Waals surface area contributed by atoms with E-state index in [0.29, 0.717) is 11.3 Å². The van der Waals surface area contributed by atoms with Crippen LogP contribution in [0.2, 0.25) is 5.02 Å². The van der Waals surface area contributed by atoms with E-state index >= 15 is 0 Å². The minimum atomic E-state index is -0.562. The third-order valence-electron chi connectivity index (χ3n) is 5.01. The molecule has 0 fully saturated rings. The van der Waals surface area contributed by atoms with Crippen LogP contribution in [-0.2, 0) is 0 Å². The van der Waals surface area contributed by atoms with Gasteiger partial charge in [0.2, 0.25) is 0 Å². The van der Waals surface area contributed by atoms with Crippen LogP contribution < -0.4 is 16.4 Å². The van der Waals surface area contributed by atoms with Gasteiger partial charge in [0.05, 0.1) is 16.3 Å². The number of benzene rings is 2. The Kier molecular flexibility index (Phi) is 7.19. The van der Waals surface area contributed by atoms with Crippen LogP contribution in [0.15, 0.2) is 72.9 Å². The van der Waals surface area contributed by atoms with E-state index in [2.05, 4.69) is 20.7 Å². The summed E-state index contributed by atoms with van der Waals surface area (Å²) in [4.78, 5) is 29.8. The van der Waals surface area contributed by atoms with E-state index in [-0.39, 0.29) is 40.4 Å². The van der Waals surface area contributed by atoms with Crippen LogP contribution in [0.4, 0.5) is 10.2 Å². The van der Waals surface area contributed by atoms with Crippen molar-refractivity contribution in [1.29, 1.82) is 0 Å². The summed E-state index contributed by atoms with van der Waals surface area (Å²) in [6.45, 7) is 2.04. The van der Waals surface area contributed by atoms with Gasteiger partial charge in [0.25, 0.3) is 11.8 Å². The van der Waals surface area contributed by atoms with Crippen LogP contribution in [0.25, 0.3) is 16.9 Å². The normalized spacial score (nSPS) is 11.7. The summed E-state index contributed by atoms with van der Waals surface area (Å²) < 4.78 is 15.7. The Balaban J connectivity index is 1.68. The molecule has 0 spiro atoms. The van der Waals surface area contributed by atoms with Crippen LogP contribution in [0, 0.1) is 5.82 Å². The Morgan fingerprint density at radius 3 is 2.57 bits per heavy atom. The number of amides is 2. The number of anilines is 1. The Morgan fingerprint density at radius 2 is 1.86 bits per heavy atom. The molecule has 0 bridgehead atoms. The molecule has 2 aromatic carbocycles. The van der Waals surface area contributed by atoms with E-state index in [1.807, 2.05) is 6.07 Å². The summed E-state index contributed by atoms with van der Waals surface area (Å²) in [5.41, 5.74) is 7.04. The van der Waals surface area contributed by atoms with Crippen molar-refractivity contribution in [2.45, 2.75) is 13.0 Å². The average Bonchev–Trinajstić information content (AvgIpc) is 3.27. The molecule has 0 saturated carbocycles. The van der Waals surface area contributed by atoms with Gasteiger partial charge in [0.1, 0.15) is 17.3 Å². The van der Waals surface area contributed by atoms with Gasteiger partial charge in [-0.05, 0) is 43.3 Å². The van der Waals surface area contributed by atoms with Crippen molar-refractivity contribution >= 4 is 29.2 Å². The highest BCUT2D eigenvalue weighted by Crippen LogP contribution is 2.27. The van der Waals surface area contributed by atoms with Crippen molar-refractivity contribution in [2.75, 3.05) is 11.9 Å². The van der Waals surface area contributed by atoms with E-state index in [1.165, 1.54) is 41.2 Å². The van der Waals surface area contributed by atoms with Crippen molar-refractivity contribution in [1.82, 2.24) is 20.1 Å². The molecule has 8 nitrogen and oxygen atoms in total. The van der Waals surface area contributed by atoms with Gasteiger partial charge in [0, 0.05) is 30.4 Å². The molecule has 2 aromatic heterocycles.